The van der Waals surface area contributed by atoms with Crippen molar-refractivity contribution < 1.29 is 19.1 Å². The lowest BCUT2D eigenvalue weighted by Crippen LogP contribution is -2.18. The van der Waals surface area contributed by atoms with Crippen LogP contribution in [0, 0.1) is 0 Å². The Morgan fingerprint density at radius 3 is 1.14 bits per heavy atom. The number of hydrogen-bond acceptors (Lipinski definition) is 4. The fraction of sp³-hybridized carbons (Fsp3) is 0.833. The molecule has 0 N–H and O–H groups in total. The van der Waals surface area contributed by atoms with E-state index in [4.69, 9.17) is 9.47 Å². The van der Waals surface area contributed by atoms with E-state index in [0.29, 0.717) is 13.2 Å². The Labute approximate surface area is 173 Å². The van der Waals surface area contributed by atoms with Crippen molar-refractivity contribution >= 4 is 11.9 Å². The van der Waals surface area contributed by atoms with E-state index in [9.17, 15) is 9.59 Å². The van der Waals surface area contributed by atoms with Crippen molar-refractivity contribution in [3.8, 4) is 0 Å². The van der Waals surface area contributed by atoms with Gasteiger partial charge in [-0.3, -0.25) is 0 Å². The number of carbonyl (C=O) groups is 2. The topological polar surface area (TPSA) is 52.6 Å². The van der Waals surface area contributed by atoms with Crippen molar-refractivity contribution in [1.29, 1.82) is 0 Å². The second kappa shape index (κ2) is 20.4. The molecule has 0 aromatic carbocycles. The maximum Gasteiger partial charge on any atom is 0.344 e. The molecule has 0 saturated heterocycles. The van der Waals surface area contributed by atoms with Crippen molar-refractivity contribution in [3.05, 3.63) is 12.2 Å². The van der Waals surface area contributed by atoms with Gasteiger partial charge >= 0.3 is 11.9 Å². The van der Waals surface area contributed by atoms with E-state index >= 15 is 0 Å². The molecule has 164 valence electrons. The summed E-state index contributed by atoms with van der Waals surface area (Å²) in [5, 5.41) is 0. The number of unbranched alkanes of at least 4 members (excludes halogenated alkanes) is 14. The van der Waals surface area contributed by atoms with Crippen molar-refractivity contribution in [1.82, 2.24) is 0 Å². The van der Waals surface area contributed by atoms with Crippen LogP contribution in [0.4, 0.5) is 0 Å². The average Bonchev–Trinajstić information content (AvgIpc) is 2.70. The highest BCUT2D eigenvalue weighted by Crippen LogP contribution is 2.10. The maximum atomic E-state index is 11.8. The van der Waals surface area contributed by atoms with Gasteiger partial charge in [-0.2, -0.15) is 0 Å². The van der Waals surface area contributed by atoms with Crippen LogP contribution in [0.3, 0.4) is 0 Å². The lowest BCUT2D eigenvalue weighted by molar-refractivity contribution is -0.147. The summed E-state index contributed by atoms with van der Waals surface area (Å²) in [6, 6.07) is 0. The van der Waals surface area contributed by atoms with Crippen molar-refractivity contribution in [2.45, 2.75) is 117 Å². The van der Waals surface area contributed by atoms with Gasteiger partial charge in [-0.25, -0.2) is 9.59 Å². The maximum absolute atomic E-state index is 11.8. The zero-order chi connectivity index (χ0) is 20.9. The van der Waals surface area contributed by atoms with Crippen molar-refractivity contribution in [2.24, 2.45) is 0 Å². The summed E-state index contributed by atoms with van der Waals surface area (Å²) >= 11 is 0. The Bertz CT molecular complexity index is 367. The van der Waals surface area contributed by atoms with E-state index in [1.807, 2.05) is 0 Å². The van der Waals surface area contributed by atoms with Gasteiger partial charge in [-0.15, -0.1) is 0 Å². The lowest BCUT2D eigenvalue weighted by Gasteiger charge is -2.08. The molecular weight excluding hydrogens is 352 g/mol. The molecule has 4 heteroatoms. The predicted molar refractivity (Wildman–Crippen MR) is 116 cm³/mol. The first-order chi connectivity index (χ1) is 13.6. The smallest absolute Gasteiger partial charge is 0.344 e. The molecule has 0 saturated carbocycles. The molecule has 0 aromatic rings. The van der Waals surface area contributed by atoms with Crippen LogP contribution in [0.2, 0.25) is 0 Å². The first kappa shape index (κ1) is 26.7. The summed E-state index contributed by atoms with van der Waals surface area (Å²) < 4.78 is 10.2. The molecule has 0 aliphatic rings. The zero-order valence-electron chi connectivity index (χ0n) is 18.6. The van der Waals surface area contributed by atoms with Gasteiger partial charge in [0, 0.05) is 0 Å². The molecule has 0 bridgehead atoms. The summed E-state index contributed by atoms with van der Waals surface area (Å²) in [5.41, 5.74) is -0.195. The third-order valence-electron chi connectivity index (χ3n) is 4.95. The molecule has 0 heterocycles. The monoisotopic (exact) mass is 396 g/mol. The largest absolute Gasteiger partial charge is 0.462 e. The molecule has 0 unspecified atom stereocenters. The first-order valence-corrected chi connectivity index (χ1v) is 11.7. The van der Waals surface area contributed by atoms with Crippen molar-refractivity contribution in [3.63, 3.8) is 0 Å². The number of hydrogen-bond donors (Lipinski definition) is 0. The second-order valence-electron chi connectivity index (χ2n) is 7.70. The van der Waals surface area contributed by atoms with Crippen LogP contribution >= 0.6 is 0 Å². The Morgan fingerprint density at radius 1 is 0.536 bits per heavy atom. The highest BCUT2D eigenvalue weighted by Gasteiger charge is 2.18. The average molecular weight is 397 g/mol. The standard InChI is InChI=1S/C24H44O4/c1-4-6-8-10-12-14-16-18-20-27-23(25)22(3)24(26)28-21-19-17-15-13-11-9-7-5-2/h3-21H2,1-2H3. The van der Waals surface area contributed by atoms with E-state index in [-0.39, 0.29) is 5.57 Å². The molecule has 0 amide bonds. The van der Waals surface area contributed by atoms with Gasteiger partial charge in [-0.1, -0.05) is 110 Å². The summed E-state index contributed by atoms with van der Waals surface area (Å²) in [6.45, 7) is 8.64. The van der Waals surface area contributed by atoms with Gasteiger partial charge < -0.3 is 9.47 Å². The van der Waals surface area contributed by atoms with E-state index in [0.717, 1.165) is 25.7 Å². The molecular formula is C24H44O4. The van der Waals surface area contributed by atoms with Crippen LogP contribution in [-0.2, 0) is 19.1 Å². The molecule has 0 aliphatic heterocycles. The summed E-state index contributed by atoms with van der Waals surface area (Å²) in [7, 11) is 0. The number of carbonyl (C=O) groups excluding carboxylic acids is 2. The van der Waals surface area contributed by atoms with Crippen LogP contribution in [0.15, 0.2) is 12.2 Å². The fourth-order valence-electron chi connectivity index (χ4n) is 3.06. The molecule has 28 heavy (non-hydrogen) atoms. The fourth-order valence-corrected chi connectivity index (χ4v) is 3.06. The zero-order valence-corrected chi connectivity index (χ0v) is 18.6. The van der Waals surface area contributed by atoms with Crippen LogP contribution in [0.1, 0.15) is 117 Å². The van der Waals surface area contributed by atoms with E-state index in [1.165, 1.54) is 77.0 Å². The number of ether oxygens (including phenoxy) is 2. The second-order valence-corrected chi connectivity index (χ2v) is 7.70. The minimum absolute atomic E-state index is 0.195. The third-order valence-corrected chi connectivity index (χ3v) is 4.95. The Kier molecular flexibility index (Phi) is 19.5. The Hall–Kier alpha value is -1.32. The normalized spacial score (nSPS) is 10.6. The van der Waals surface area contributed by atoms with Crippen LogP contribution in [-0.4, -0.2) is 25.2 Å². The van der Waals surface area contributed by atoms with Gasteiger partial charge in [0.25, 0.3) is 0 Å². The molecule has 0 aromatic heterocycles. The molecule has 0 rings (SSSR count). The van der Waals surface area contributed by atoms with Crippen LogP contribution in [0.5, 0.6) is 0 Å². The van der Waals surface area contributed by atoms with Gasteiger partial charge in [0.05, 0.1) is 13.2 Å². The molecule has 0 fully saturated rings. The molecule has 0 aliphatic carbocycles. The first-order valence-electron chi connectivity index (χ1n) is 11.7. The molecule has 0 spiro atoms. The van der Waals surface area contributed by atoms with Gasteiger partial charge in [0.15, 0.2) is 0 Å². The minimum atomic E-state index is -0.649. The van der Waals surface area contributed by atoms with E-state index in [1.54, 1.807) is 0 Å². The summed E-state index contributed by atoms with van der Waals surface area (Å²) in [6.07, 6.45) is 18.9. The van der Waals surface area contributed by atoms with E-state index < -0.39 is 11.9 Å². The Balaban J connectivity index is 3.54. The number of rotatable bonds is 20. The molecule has 0 atom stereocenters. The third kappa shape index (κ3) is 16.8. The number of esters is 2. The lowest BCUT2D eigenvalue weighted by atomic mass is 10.1. The summed E-state index contributed by atoms with van der Waals surface area (Å²) in [5.74, 6) is -1.30. The molecule has 0 radical (unpaired) electrons. The highest BCUT2D eigenvalue weighted by atomic mass is 16.6. The minimum Gasteiger partial charge on any atom is -0.462 e. The van der Waals surface area contributed by atoms with Crippen LogP contribution in [0.25, 0.3) is 0 Å². The molecule has 4 nitrogen and oxygen atoms in total. The van der Waals surface area contributed by atoms with Crippen LogP contribution < -0.4 is 0 Å². The highest BCUT2D eigenvalue weighted by molar-refractivity contribution is 6.13. The van der Waals surface area contributed by atoms with Crippen molar-refractivity contribution in [2.75, 3.05) is 13.2 Å². The van der Waals surface area contributed by atoms with Gasteiger partial charge in [0.2, 0.25) is 0 Å². The summed E-state index contributed by atoms with van der Waals surface area (Å²) in [4.78, 5) is 23.7. The Morgan fingerprint density at radius 2 is 0.821 bits per heavy atom. The quantitative estimate of drug-likeness (QED) is 0.0737. The van der Waals surface area contributed by atoms with Gasteiger partial charge in [0.1, 0.15) is 5.57 Å². The predicted octanol–water partition coefficient (Wildman–Crippen LogP) is 6.91. The van der Waals surface area contributed by atoms with E-state index in [2.05, 4.69) is 20.4 Å². The van der Waals surface area contributed by atoms with Gasteiger partial charge in [-0.05, 0) is 12.8 Å². The SMILES string of the molecule is C=C(C(=O)OCCCCCCCCCC)C(=O)OCCCCCCCCCC.